The topological polar surface area (TPSA) is 42.6 Å². The van der Waals surface area contributed by atoms with Gasteiger partial charge >= 0.3 is 0 Å². The van der Waals surface area contributed by atoms with Gasteiger partial charge in [-0.05, 0) is 30.7 Å². The van der Waals surface area contributed by atoms with E-state index in [4.69, 9.17) is 9.15 Å². The SMILES string of the molecule is CCCC(O)c1cc2cc(OC)ccc2o1. The van der Waals surface area contributed by atoms with E-state index in [2.05, 4.69) is 0 Å². The second kappa shape index (κ2) is 4.58. The maximum atomic E-state index is 9.82. The van der Waals surface area contributed by atoms with Crippen LogP contribution < -0.4 is 4.74 Å². The molecule has 0 saturated carbocycles. The molecule has 3 nitrogen and oxygen atoms in total. The average Bonchev–Trinajstić information content (AvgIpc) is 2.71. The Hall–Kier alpha value is -1.48. The molecule has 0 aliphatic carbocycles. The van der Waals surface area contributed by atoms with Crippen LogP contribution in [0, 0.1) is 0 Å². The summed E-state index contributed by atoms with van der Waals surface area (Å²) in [5.41, 5.74) is 0.783. The lowest BCUT2D eigenvalue weighted by molar-refractivity contribution is 0.141. The van der Waals surface area contributed by atoms with Crippen LogP contribution in [0.25, 0.3) is 11.0 Å². The molecule has 1 unspecified atom stereocenters. The van der Waals surface area contributed by atoms with Gasteiger partial charge in [0.25, 0.3) is 0 Å². The van der Waals surface area contributed by atoms with Crippen LogP contribution in [0.2, 0.25) is 0 Å². The molecule has 1 N–H and O–H groups in total. The molecule has 0 bridgehead atoms. The first kappa shape index (κ1) is 11.0. The number of aliphatic hydroxyl groups excluding tert-OH is 1. The van der Waals surface area contributed by atoms with Gasteiger partial charge in [-0.1, -0.05) is 13.3 Å². The number of ether oxygens (including phenoxy) is 1. The van der Waals surface area contributed by atoms with E-state index in [0.717, 1.165) is 29.6 Å². The fourth-order valence-corrected chi connectivity index (χ4v) is 1.75. The van der Waals surface area contributed by atoms with E-state index < -0.39 is 6.10 Å². The molecule has 0 saturated heterocycles. The highest BCUT2D eigenvalue weighted by Gasteiger charge is 2.12. The van der Waals surface area contributed by atoms with Crippen molar-refractivity contribution in [2.45, 2.75) is 25.9 Å². The molecule has 0 fully saturated rings. The highest BCUT2D eigenvalue weighted by Crippen LogP contribution is 2.28. The Bertz CT molecular complexity index is 473. The quantitative estimate of drug-likeness (QED) is 0.859. The minimum Gasteiger partial charge on any atom is -0.497 e. The molecule has 0 aliphatic heterocycles. The molecule has 1 heterocycles. The molecule has 0 aliphatic rings. The first-order valence-corrected chi connectivity index (χ1v) is 5.50. The highest BCUT2D eigenvalue weighted by molar-refractivity contribution is 5.79. The van der Waals surface area contributed by atoms with E-state index in [1.54, 1.807) is 7.11 Å². The Labute approximate surface area is 94.6 Å². The van der Waals surface area contributed by atoms with Crippen molar-refractivity contribution >= 4 is 11.0 Å². The molecule has 1 atom stereocenters. The Morgan fingerprint density at radius 2 is 2.19 bits per heavy atom. The van der Waals surface area contributed by atoms with Crippen molar-refractivity contribution in [3.8, 4) is 5.75 Å². The van der Waals surface area contributed by atoms with E-state index in [1.165, 1.54) is 0 Å². The number of fused-ring (bicyclic) bond motifs is 1. The molecule has 1 aromatic carbocycles. The molecule has 0 radical (unpaired) electrons. The maximum Gasteiger partial charge on any atom is 0.134 e. The fourth-order valence-electron chi connectivity index (χ4n) is 1.75. The zero-order valence-electron chi connectivity index (χ0n) is 9.56. The Balaban J connectivity index is 2.35. The largest absolute Gasteiger partial charge is 0.497 e. The summed E-state index contributed by atoms with van der Waals surface area (Å²) in [6.45, 7) is 2.04. The zero-order chi connectivity index (χ0) is 11.5. The molecule has 2 rings (SSSR count). The van der Waals surface area contributed by atoms with Crippen molar-refractivity contribution in [3.05, 3.63) is 30.0 Å². The number of aliphatic hydroxyl groups is 1. The van der Waals surface area contributed by atoms with Crippen LogP contribution in [-0.2, 0) is 0 Å². The van der Waals surface area contributed by atoms with Gasteiger partial charge in [-0.15, -0.1) is 0 Å². The summed E-state index contributed by atoms with van der Waals surface area (Å²) < 4.78 is 10.7. The van der Waals surface area contributed by atoms with Crippen molar-refractivity contribution in [1.29, 1.82) is 0 Å². The predicted octanol–water partition coefficient (Wildman–Crippen LogP) is 3.27. The number of methoxy groups -OCH3 is 1. The van der Waals surface area contributed by atoms with E-state index in [9.17, 15) is 5.11 Å². The normalized spacial score (nSPS) is 12.9. The van der Waals surface area contributed by atoms with Crippen LogP contribution >= 0.6 is 0 Å². The van der Waals surface area contributed by atoms with Gasteiger partial charge in [0.2, 0.25) is 0 Å². The highest BCUT2D eigenvalue weighted by atomic mass is 16.5. The number of rotatable bonds is 4. The maximum absolute atomic E-state index is 9.82. The van der Waals surface area contributed by atoms with Crippen LogP contribution in [0.5, 0.6) is 5.75 Å². The second-order valence-electron chi connectivity index (χ2n) is 3.86. The van der Waals surface area contributed by atoms with Crippen molar-refractivity contribution in [2.75, 3.05) is 7.11 Å². The summed E-state index contributed by atoms with van der Waals surface area (Å²) in [4.78, 5) is 0. The van der Waals surface area contributed by atoms with Gasteiger partial charge in [0.05, 0.1) is 7.11 Å². The van der Waals surface area contributed by atoms with Gasteiger partial charge in [-0.3, -0.25) is 0 Å². The third-order valence-electron chi connectivity index (χ3n) is 2.63. The lowest BCUT2D eigenvalue weighted by atomic mass is 10.1. The third-order valence-corrected chi connectivity index (χ3v) is 2.63. The number of hydrogen-bond acceptors (Lipinski definition) is 3. The summed E-state index contributed by atoms with van der Waals surface area (Å²) >= 11 is 0. The van der Waals surface area contributed by atoms with Gasteiger partial charge in [0, 0.05) is 5.39 Å². The van der Waals surface area contributed by atoms with Crippen LogP contribution in [0.15, 0.2) is 28.7 Å². The Kier molecular flexibility index (Phi) is 3.15. The minimum absolute atomic E-state index is 0.511. The average molecular weight is 220 g/mol. The van der Waals surface area contributed by atoms with Gasteiger partial charge in [0.15, 0.2) is 0 Å². The Morgan fingerprint density at radius 1 is 1.38 bits per heavy atom. The third kappa shape index (κ3) is 2.04. The Morgan fingerprint density at radius 3 is 2.88 bits per heavy atom. The van der Waals surface area contributed by atoms with Crippen LogP contribution in [0.3, 0.4) is 0 Å². The molecule has 0 spiro atoms. The molecule has 2 aromatic rings. The molecular formula is C13H16O3. The molecule has 16 heavy (non-hydrogen) atoms. The smallest absolute Gasteiger partial charge is 0.134 e. The fraction of sp³-hybridized carbons (Fsp3) is 0.385. The van der Waals surface area contributed by atoms with Crippen molar-refractivity contribution in [3.63, 3.8) is 0 Å². The lowest BCUT2D eigenvalue weighted by Gasteiger charge is -2.03. The summed E-state index contributed by atoms with van der Waals surface area (Å²) in [6.07, 6.45) is 1.14. The summed E-state index contributed by atoms with van der Waals surface area (Å²) in [7, 11) is 1.63. The molecule has 0 amide bonds. The van der Waals surface area contributed by atoms with Crippen molar-refractivity contribution < 1.29 is 14.3 Å². The molecule has 1 aromatic heterocycles. The molecule has 3 heteroatoms. The van der Waals surface area contributed by atoms with Crippen LogP contribution in [-0.4, -0.2) is 12.2 Å². The first-order valence-electron chi connectivity index (χ1n) is 5.50. The second-order valence-corrected chi connectivity index (χ2v) is 3.86. The zero-order valence-corrected chi connectivity index (χ0v) is 9.56. The monoisotopic (exact) mass is 220 g/mol. The lowest BCUT2D eigenvalue weighted by Crippen LogP contribution is -1.93. The molecular weight excluding hydrogens is 204 g/mol. The summed E-state index contributed by atoms with van der Waals surface area (Å²) in [6, 6.07) is 7.48. The van der Waals surface area contributed by atoms with Gasteiger partial charge in [-0.25, -0.2) is 0 Å². The van der Waals surface area contributed by atoms with Gasteiger partial charge in [-0.2, -0.15) is 0 Å². The predicted molar refractivity (Wildman–Crippen MR) is 62.6 cm³/mol. The molecule has 86 valence electrons. The van der Waals surface area contributed by atoms with Crippen molar-refractivity contribution in [1.82, 2.24) is 0 Å². The van der Waals surface area contributed by atoms with E-state index in [1.807, 2.05) is 31.2 Å². The van der Waals surface area contributed by atoms with Crippen LogP contribution in [0.4, 0.5) is 0 Å². The summed E-state index contributed by atoms with van der Waals surface area (Å²) in [5.74, 6) is 1.43. The van der Waals surface area contributed by atoms with E-state index >= 15 is 0 Å². The first-order chi connectivity index (χ1) is 7.74. The summed E-state index contributed by atoms with van der Waals surface area (Å²) in [5, 5.41) is 10.8. The van der Waals surface area contributed by atoms with E-state index in [-0.39, 0.29) is 0 Å². The van der Waals surface area contributed by atoms with Gasteiger partial charge in [0.1, 0.15) is 23.2 Å². The number of furan rings is 1. The van der Waals surface area contributed by atoms with Gasteiger partial charge < -0.3 is 14.3 Å². The number of benzene rings is 1. The standard InChI is InChI=1S/C13H16O3/c1-3-4-11(14)13-8-9-7-10(15-2)5-6-12(9)16-13/h5-8,11,14H,3-4H2,1-2H3. The van der Waals surface area contributed by atoms with Crippen molar-refractivity contribution in [2.24, 2.45) is 0 Å². The minimum atomic E-state index is -0.511. The number of hydrogen-bond donors (Lipinski definition) is 1. The van der Waals surface area contributed by atoms with E-state index in [0.29, 0.717) is 5.76 Å². The van der Waals surface area contributed by atoms with Crippen LogP contribution in [0.1, 0.15) is 31.6 Å².